The lowest BCUT2D eigenvalue weighted by Gasteiger charge is -2.36. The van der Waals surface area contributed by atoms with E-state index in [1.807, 2.05) is 30.2 Å². The van der Waals surface area contributed by atoms with Crippen LogP contribution in [0.25, 0.3) is 0 Å². The Labute approximate surface area is 163 Å². The number of rotatable bonds is 3. The van der Waals surface area contributed by atoms with Crippen LogP contribution >= 0.6 is 11.3 Å². The molecule has 0 bridgehead atoms. The zero-order chi connectivity index (χ0) is 18.8. The molecule has 8 heteroatoms. The molecular formula is C19H25N5O2S. The van der Waals surface area contributed by atoms with E-state index in [9.17, 15) is 4.79 Å². The predicted octanol–water partition coefficient (Wildman–Crippen LogP) is 1.95. The fourth-order valence-electron chi connectivity index (χ4n) is 3.49. The van der Waals surface area contributed by atoms with Gasteiger partial charge in [0.25, 0.3) is 5.91 Å². The van der Waals surface area contributed by atoms with Gasteiger partial charge in [-0.05, 0) is 30.9 Å². The van der Waals surface area contributed by atoms with E-state index in [0.29, 0.717) is 13.1 Å². The molecule has 144 valence electrons. The highest BCUT2D eigenvalue weighted by Crippen LogP contribution is 2.22. The summed E-state index contributed by atoms with van der Waals surface area (Å²) in [7, 11) is 0. The van der Waals surface area contributed by atoms with Crippen LogP contribution in [0.15, 0.2) is 17.5 Å². The van der Waals surface area contributed by atoms with Crippen molar-refractivity contribution in [1.82, 2.24) is 14.9 Å². The van der Waals surface area contributed by atoms with Gasteiger partial charge in [-0.25, -0.2) is 9.97 Å². The SMILES string of the molecule is Cc1csc(C(=O)N2CCN(c3cc(N4CCOCC4)nc(C)n3)CC2)c1. The number of carbonyl (C=O) groups is 1. The molecule has 0 N–H and O–H groups in total. The van der Waals surface area contributed by atoms with E-state index in [1.165, 1.54) is 11.3 Å². The average molecular weight is 388 g/mol. The number of thiophene rings is 1. The minimum Gasteiger partial charge on any atom is -0.378 e. The highest BCUT2D eigenvalue weighted by molar-refractivity contribution is 7.12. The van der Waals surface area contributed by atoms with E-state index in [0.717, 1.165) is 67.3 Å². The molecule has 2 aliphatic rings. The van der Waals surface area contributed by atoms with Gasteiger partial charge in [0.15, 0.2) is 0 Å². The van der Waals surface area contributed by atoms with Gasteiger partial charge < -0.3 is 19.4 Å². The Morgan fingerprint density at radius 1 is 0.963 bits per heavy atom. The Bertz CT molecular complexity index is 810. The third kappa shape index (κ3) is 4.06. The fraction of sp³-hybridized carbons (Fsp3) is 0.526. The van der Waals surface area contributed by atoms with E-state index in [2.05, 4.69) is 25.8 Å². The quantitative estimate of drug-likeness (QED) is 0.802. The smallest absolute Gasteiger partial charge is 0.264 e. The lowest BCUT2D eigenvalue weighted by atomic mass is 10.2. The number of aryl methyl sites for hydroxylation is 2. The Morgan fingerprint density at radius 2 is 1.59 bits per heavy atom. The first kappa shape index (κ1) is 18.2. The van der Waals surface area contributed by atoms with E-state index >= 15 is 0 Å². The first-order chi connectivity index (χ1) is 13.1. The summed E-state index contributed by atoms with van der Waals surface area (Å²) in [5.41, 5.74) is 1.15. The van der Waals surface area contributed by atoms with Gasteiger partial charge in [0.2, 0.25) is 0 Å². The average Bonchev–Trinajstić information content (AvgIpc) is 3.14. The molecule has 2 aliphatic heterocycles. The maximum atomic E-state index is 12.6. The van der Waals surface area contributed by atoms with E-state index in [4.69, 9.17) is 4.74 Å². The Morgan fingerprint density at radius 3 is 2.19 bits per heavy atom. The molecule has 0 aromatic carbocycles. The van der Waals surface area contributed by atoms with Gasteiger partial charge in [-0.3, -0.25) is 4.79 Å². The number of amides is 1. The third-order valence-corrected chi connectivity index (χ3v) is 6.01. The molecule has 2 aromatic rings. The van der Waals surface area contributed by atoms with Crippen LogP contribution in [-0.2, 0) is 4.74 Å². The largest absolute Gasteiger partial charge is 0.378 e. The molecule has 4 heterocycles. The summed E-state index contributed by atoms with van der Waals surface area (Å²) in [6.07, 6.45) is 0. The zero-order valence-electron chi connectivity index (χ0n) is 15.8. The van der Waals surface area contributed by atoms with E-state index in [1.54, 1.807) is 0 Å². The lowest BCUT2D eigenvalue weighted by molar-refractivity contribution is 0.0751. The molecule has 2 saturated heterocycles. The Balaban J connectivity index is 1.43. The summed E-state index contributed by atoms with van der Waals surface area (Å²) in [4.78, 5) is 29.2. The summed E-state index contributed by atoms with van der Waals surface area (Å²) in [5.74, 6) is 2.83. The second-order valence-electron chi connectivity index (χ2n) is 7.00. The monoisotopic (exact) mass is 387 g/mol. The third-order valence-electron chi connectivity index (χ3n) is 4.98. The minimum absolute atomic E-state index is 0.139. The second kappa shape index (κ2) is 7.82. The number of hydrogen-bond acceptors (Lipinski definition) is 7. The number of aromatic nitrogens is 2. The molecule has 7 nitrogen and oxygen atoms in total. The van der Waals surface area contributed by atoms with E-state index < -0.39 is 0 Å². The number of morpholine rings is 1. The minimum atomic E-state index is 0.139. The maximum Gasteiger partial charge on any atom is 0.264 e. The van der Waals surface area contributed by atoms with E-state index in [-0.39, 0.29) is 5.91 Å². The topological polar surface area (TPSA) is 61.8 Å². The highest BCUT2D eigenvalue weighted by Gasteiger charge is 2.24. The molecule has 0 spiro atoms. The number of carbonyl (C=O) groups excluding carboxylic acids is 1. The molecule has 2 aromatic heterocycles. The van der Waals surface area contributed by atoms with Crippen LogP contribution in [0.4, 0.5) is 11.6 Å². The van der Waals surface area contributed by atoms with Crippen molar-refractivity contribution in [3.8, 4) is 0 Å². The van der Waals surface area contributed by atoms with Crippen molar-refractivity contribution in [3.05, 3.63) is 33.8 Å². The van der Waals surface area contributed by atoms with Crippen molar-refractivity contribution in [2.75, 3.05) is 62.3 Å². The van der Waals surface area contributed by atoms with Gasteiger partial charge in [0, 0.05) is 45.3 Å². The van der Waals surface area contributed by atoms with Crippen LogP contribution < -0.4 is 9.80 Å². The summed E-state index contributed by atoms with van der Waals surface area (Å²) < 4.78 is 5.44. The van der Waals surface area contributed by atoms with Crippen molar-refractivity contribution in [2.45, 2.75) is 13.8 Å². The van der Waals surface area contributed by atoms with Crippen LogP contribution in [0, 0.1) is 13.8 Å². The van der Waals surface area contributed by atoms with Gasteiger partial charge in [-0.2, -0.15) is 0 Å². The first-order valence-corrected chi connectivity index (χ1v) is 10.3. The van der Waals surface area contributed by atoms with Crippen LogP contribution in [0.5, 0.6) is 0 Å². The van der Waals surface area contributed by atoms with Gasteiger partial charge >= 0.3 is 0 Å². The van der Waals surface area contributed by atoms with Crippen LogP contribution in [0.3, 0.4) is 0 Å². The van der Waals surface area contributed by atoms with Crippen molar-refractivity contribution in [1.29, 1.82) is 0 Å². The standard InChI is InChI=1S/C19H25N5O2S/c1-14-11-16(27-13-14)19(25)24-5-3-22(4-6-24)17-12-18(21-15(2)20-17)23-7-9-26-10-8-23/h11-13H,3-10H2,1-2H3. The van der Waals surface area contributed by atoms with Gasteiger partial charge in [-0.15, -0.1) is 11.3 Å². The van der Waals surface area contributed by atoms with Crippen molar-refractivity contribution in [2.24, 2.45) is 0 Å². The lowest BCUT2D eigenvalue weighted by Crippen LogP contribution is -2.49. The van der Waals surface area contributed by atoms with Gasteiger partial charge in [-0.1, -0.05) is 0 Å². The summed E-state index contributed by atoms with van der Waals surface area (Å²) in [6.45, 7) is 10.2. The molecule has 27 heavy (non-hydrogen) atoms. The molecule has 0 aliphatic carbocycles. The molecule has 0 saturated carbocycles. The molecule has 0 radical (unpaired) electrons. The number of nitrogens with zero attached hydrogens (tertiary/aromatic N) is 5. The van der Waals surface area contributed by atoms with Gasteiger partial charge in [0.1, 0.15) is 17.5 Å². The van der Waals surface area contributed by atoms with Crippen LogP contribution in [-0.4, -0.2) is 73.3 Å². The fourth-order valence-corrected chi connectivity index (χ4v) is 4.36. The Hall–Kier alpha value is -2.19. The van der Waals surface area contributed by atoms with Crippen LogP contribution in [0.2, 0.25) is 0 Å². The molecule has 4 rings (SSSR count). The zero-order valence-corrected chi connectivity index (χ0v) is 16.7. The maximum absolute atomic E-state index is 12.6. The normalized spacial score (nSPS) is 18.1. The predicted molar refractivity (Wildman–Crippen MR) is 107 cm³/mol. The number of hydrogen-bond donors (Lipinski definition) is 0. The second-order valence-corrected chi connectivity index (χ2v) is 7.91. The number of anilines is 2. The Kier molecular flexibility index (Phi) is 5.27. The van der Waals surface area contributed by atoms with Crippen molar-refractivity contribution >= 4 is 28.9 Å². The molecule has 1 amide bonds. The number of piperazine rings is 1. The molecule has 2 fully saturated rings. The number of ether oxygens (including phenoxy) is 1. The van der Waals surface area contributed by atoms with Crippen LogP contribution in [0.1, 0.15) is 21.1 Å². The highest BCUT2D eigenvalue weighted by atomic mass is 32.1. The molecule has 0 atom stereocenters. The van der Waals surface area contributed by atoms with Crippen molar-refractivity contribution in [3.63, 3.8) is 0 Å². The molecular weight excluding hydrogens is 362 g/mol. The first-order valence-electron chi connectivity index (χ1n) is 9.38. The van der Waals surface area contributed by atoms with Gasteiger partial charge in [0.05, 0.1) is 18.1 Å². The summed E-state index contributed by atoms with van der Waals surface area (Å²) in [6, 6.07) is 4.04. The summed E-state index contributed by atoms with van der Waals surface area (Å²) >= 11 is 1.53. The van der Waals surface area contributed by atoms with Crippen molar-refractivity contribution < 1.29 is 9.53 Å². The summed E-state index contributed by atoms with van der Waals surface area (Å²) in [5, 5.41) is 2.03. The molecule has 0 unspecified atom stereocenters.